The molecule has 6 nitrogen and oxygen atoms in total. The van der Waals surface area contributed by atoms with Crippen LogP contribution in [0.3, 0.4) is 0 Å². The first-order chi connectivity index (χ1) is 13.1. The highest BCUT2D eigenvalue weighted by Gasteiger charge is 2.20. The molecule has 3 rings (SSSR count). The van der Waals surface area contributed by atoms with Crippen molar-refractivity contribution in [1.82, 2.24) is 20.0 Å². The third kappa shape index (κ3) is 4.20. The molecule has 0 atom stereocenters. The highest BCUT2D eigenvalue weighted by Crippen LogP contribution is 2.13. The van der Waals surface area contributed by atoms with E-state index in [2.05, 4.69) is 22.2 Å². The Labute approximate surface area is 155 Å². The van der Waals surface area contributed by atoms with E-state index in [4.69, 9.17) is 0 Å². The van der Waals surface area contributed by atoms with Gasteiger partial charge < -0.3 is 10.6 Å². The molecule has 0 unspecified atom stereocenters. The van der Waals surface area contributed by atoms with E-state index >= 15 is 0 Å². The number of aromatic nitrogens is 2. The average Bonchev–Trinajstić information content (AvgIpc) is 3.07. The molecular weight excluding hydrogens is 347 g/mol. The summed E-state index contributed by atoms with van der Waals surface area (Å²) < 4.78 is 14.5. The number of benzene rings is 1. The van der Waals surface area contributed by atoms with Crippen LogP contribution in [0.25, 0.3) is 5.52 Å². The molecule has 3 aromatic rings. The van der Waals surface area contributed by atoms with Crippen molar-refractivity contribution in [3.8, 4) is 0 Å². The zero-order valence-corrected chi connectivity index (χ0v) is 14.6. The van der Waals surface area contributed by atoms with Gasteiger partial charge in [0.2, 0.25) is 5.82 Å². The number of carbonyl (C=O) groups excluding carboxylic acids is 2. The molecule has 1 aromatic carbocycles. The summed E-state index contributed by atoms with van der Waals surface area (Å²) in [6, 6.07) is 11.4. The van der Waals surface area contributed by atoms with Crippen LogP contribution in [0.5, 0.6) is 0 Å². The first kappa shape index (κ1) is 18.3. The summed E-state index contributed by atoms with van der Waals surface area (Å²) >= 11 is 0. The Hall–Kier alpha value is -3.48. The molecule has 2 amide bonds. The maximum Gasteiger partial charge on any atom is 0.287 e. The number of fused-ring (bicyclic) bond motifs is 1. The van der Waals surface area contributed by atoms with Crippen molar-refractivity contribution in [2.24, 2.45) is 0 Å². The fourth-order valence-corrected chi connectivity index (χ4v) is 2.66. The van der Waals surface area contributed by atoms with Crippen molar-refractivity contribution in [3.05, 3.63) is 84.2 Å². The first-order valence-corrected chi connectivity index (χ1v) is 8.49. The number of carbonyl (C=O) groups is 2. The van der Waals surface area contributed by atoms with Crippen LogP contribution in [-0.4, -0.2) is 34.3 Å². The van der Waals surface area contributed by atoms with Gasteiger partial charge in [-0.2, -0.15) is 0 Å². The molecule has 138 valence electrons. The molecule has 0 saturated carbocycles. The maximum atomic E-state index is 12.9. The number of nitrogens with zero attached hydrogens (tertiary/aromatic N) is 2. The van der Waals surface area contributed by atoms with E-state index in [1.807, 2.05) is 0 Å². The highest BCUT2D eigenvalue weighted by atomic mass is 19.1. The Morgan fingerprint density at radius 2 is 1.89 bits per heavy atom. The van der Waals surface area contributed by atoms with Crippen LogP contribution in [0.4, 0.5) is 4.39 Å². The van der Waals surface area contributed by atoms with Crippen LogP contribution in [0.1, 0.15) is 26.7 Å². The second-order valence-corrected chi connectivity index (χ2v) is 5.87. The Morgan fingerprint density at radius 3 is 2.63 bits per heavy atom. The minimum Gasteiger partial charge on any atom is -0.350 e. The highest BCUT2D eigenvalue weighted by molar-refractivity contribution is 6.02. The SMILES string of the molecule is C=CCNC(=O)c1nc(C(=O)NCCc2ccc(F)cc2)c2ccccn12. The van der Waals surface area contributed by atoms with Crippen molar-refractivity contribution in [3.63, 3.8) is 0 Å². The monoisotopic (exact) mass is 366 g/mol. The van der Waals surface area contributed by atoms with Gasteiger partial charge in [-0.3, -0.25) is 14.0 Å². The van der Waals surface area contributed by atoms with Gasteiger partial charge in [0.05, 0.1) is 5.52 Å². The average molecular weight is 366 g/mol. The number of nitrogens with one attached hydrogen (secondary N) is 2. The molecule has 27 heavy (non-hydrogen) atoms. The molecule has 0 bridgehead atoms. The molecule has 0 saturated heterocycles. The van der Waals surface area contributed by atoms with Crippen molar-refractivity contribution in [2.75, 3.05) is 13.1 Å². The minimum atomic E-state index is -0.388. The normalized spacial score (nSPS) is 10.6. The lowest BCUT2D eigenvalue weighted by molar-refractivity contribution is 0.0947. The second-order valence-electron chi connectivity index (χ2n) is 5.87. The van der Waals surface area contributed by atoms with E-state index in [-0.39, 0.29) is 29.1 Å². The molecule has 0 radical (unpaired) electrons. The number of pyridine rings is 1. The van der Waals surface area contributed by atoms with Crippen molar-refractivity contribution >= 4 is 17.3 Å². The van der Waals surface area contributed by atoms with Gasteiger partial charge in [-0.1, -0.05) is 24.3 Å². The standard InChI is InChI=1S/C20H19FN4O2/c1-2-11-22-20(27)18-24-17(16-5-3-4-13-25(16)18)19(26)23-12-10-14-6-8-15(21)9-7-14/h2-9,13H,1,10-12H2,(H,22,27)(H,23,26). The molecule has 0 fully saturated rings. The van der Waals surface area contributed by atoms with Gasteiger partial charge in [-0.05, 0) is 36.2 Å². The molecule has 2 aromatic heterocycles. The van der Waals surface area contributed by atoms with E-state index in [1.165, 1.54) is 12.1 Å². The lowest BCUT2D eigenvalue weighted by Crippen LogP contribution is -2.27. The minimum absolute atomic E-state index is 0.135. The quantitative estimate of drug-likeness (QED) is 0.631. The van der Waals surface area contributed by atoms with Crippen LogP contribution in [0.2, 0.25) is 0 Å². The van der Waals surface area contributed by atoms with Gasteiger partial charge in [0.1, 0.15) is 5.82 Å². The predicted molar refractivity (Wildman–Crippen MR) is 100 cm³/mol. The summed E-state index contributed by atoms with van der Waals surface area (Å²) in [7, 11) is 0. The van der Waals surface area contributed by atoms with Gasteiger partial charge in [0, 0.05) is 19.3 Å². The van der Waals surface area contributed by atoms with Crippen molar-refractivity contribution < 1.29 is 14.0 Å². The van der Waals surface area contributed by atoms with E-state index < -0.39 is 0 Å². The molecule has 2 N–H and O–H groups in total. The number of hydrogen-bond acceptors (Lipinski definition) is 3. The van der Waals surface area contributed by atoms with Crippen LogP contribution in [-0.2, 0) is 6.42 Å². The Bertz CT molecular complexity index is 979. The maximum absolute atomic E-state index is 12.9. The predicted octanol–water partition coefficient (Wildman–Crippen LogP) is 2.36. The number of halogens is 1. The Kier molecular flexibility index (Phi) is 5.61. The number of rotatable bonds is 7. The molecule has 7 heteroatoms. The summed E-state index contributed by atoms with van der Waals surface area (Å²) in [6.07, 6.45) is 3.81. The van der Waals surface area contributed by atoms with Crippen LogP contribution >= 0.6 is 0 Å². The molecule has 0 aliphatic carbocycles. The number of imidazole rings is 1. The topological polar surface area (TPSA) is 75.5 Å². The van der Waals surface area contributed by atoms with Gasteiger partial charge >= 0.3 is 0 Å². The fourth-order valence-electron chi connectivity index (χ4n) is 2.66. The van der Waals surface area contributed by atoms with Crippen LogP contribution in [0.15, 0.2) is 61.3 Å². The summed E-state index contributed by atoms with van der Waals surface area (Å²) in [6.45, 7) is 4.23. The summed E-state index contributed by atoms with van der Waals surface area (Å²) in [5.74, 6) is -0.921. The zero-order valence-electron chi connectivity index (χ0n) is 14.6. The van der Waals surface area contributed by atoms with Gasteiger partial charge in [-0.15, -0.1) is 6.58 Å². The molecule has 2 heterocycles. The first-order valence-electron chi connectivity index (χ1n) is 8.49. The third-order valence-corrected chi connectivity index (χ3v) is 3.99. The lowest BCUT2D eigenvalue weighted by Gasteiger charge is -2.04. The second kappa shape index (κ2) is 8.27. The van der Waals surface area contributed by atoms with Gasteiger partial charge in [0.15, 0.2) is 5.69 Å². The lowest BCUT2D eigenvalue weighted by atomic mass is 10.1. The molecule has 0 aliphatic heterocycles. The van der Waals surface area contributed by atoms with Crippen molar-refractivity contribution in [2.45, 2.75) is 6.42 Å². The number of hydrogen-bond donors (Lipinski definition) is 2. The van der Waals surface area contributed by atoms with E-state index in [0.717, 1.165) is 5.56 Å². The van der Waals surface area contributed by atoms with Gasteiger partial charge in [-0.25, -0.2) is 9.37 Å². The zero-order chi connectivity index (χ0) is 19.2. The fraction of sp³-hybridized carbons (Fsp3) is 0.150. The van der Waals surface area contributed by atoms with Crippen LogP contribution < -0.4 is 10.6 Å². The van der Waals surface area contributed by atoms with Crippen LogP contribution in [0, 0.1) is 5.82 Å². The Balaban J connectivity index is 1.75. The smallest absolute Gasteiger partial charge is 0.287 e. The third-order valence-electron chi connectivity index (χ3n) is 3.99. The van der Waals surface area contributed by atoms with E-state index in [0.29, 0.717) is 25.0 Å². The summed E-state index contributed by atoms with van der Waals surface area (Å²) in [5.41, 5.74) is 1.63. The molecular formula is C20H19FN4O2. The van der Waals surface area contributed by atoms with Gasteiger partial charge in [0.25, 0.3) is 11.8 Å². The molecule has 0 spiro atoms. The van der Waals surface area contributed by atoms with E-state index in [1.54, 1.807) is 47.0 Å². The van der Waals surface area contributed by atoms with Crippen molar-refractivity contribution in [1.29, 1.82) is 0 Å². The molecule has 0 aliphatic rings. The largest absolute Gasteiger partial charge is 0.350 e. The Morgan fingerprint density at radius 1 is 1.11 bits per heavy atom. The number of amides is 2. The van der Waals surface area contributed by atoms with E-state index in [9.17, 15) is 14.0 Å². The summed E-state index contributed by atoms with van der Waals surface area (Å²) in [5, 5.41) is 5.45. The summed E-state index contributed by atoms with van der Waals surface area (Å²) in [4.78, 5) is 29.1.